The van der Waals surface area contributed by atoms with Gasteiger partial charge in [0.25, 0.3) is 0 Å². The molecule has 1 unspecified atom stereocenters. The van der Waals surface area contributed by atoms with Crippen molar-refractivity contribution in [1.29, 1.82) is 0 Å². The first-order chi connectivity index (χ1) is 9.74. The number of piperidine rings is 1. The van der Waals surface area contributed by atoms with E-state index in [0.29, 0.717) is 12.1 Å². The Morgan fingerprint density at radius 2 is 2.30 bits per heavy atom. The first-order valence-electron chi connectivity index (χ1n) is 7.54. The normalized spacial score (nSPS) is 19.6. The van der Waals surface area contributed by atoms with Gasteiger partial charge in [-0.25, -0.2) is 9.50 Å². The molecule has 1 aliphatic heterocycles. The van der Waals surface area contributed by atoms with Gasteiger partial charge in [-0.15, -0.1) is 0 Å². The van der Waals surface area contributed by atoms with Crippen LogP contribution >= 0.6 is 0 Å². The van der Waals surface area contributed by atoms with Crippen molar-refractivity contribution in [3.63, 3.8) is 0 Å². The van der Waals surface area contributed by atoms with Gasteiger partial charge in [0.2, 0.25) is 0 Å². The lowest BCUT2D eigenvalue weighted by molar-refractivity contribution is 0.392. The number of aromatic nitrogens is 3. The number of rotatable bonds is 4. The number of anilines is 1. The lowest BCUT2D eigenvalue weighted by Crippen LogP contribution is -2.46. The molecule has 0 saturated carbocycles. The summed E-state index contributed by atoms with van der Waals surface area (Å²) >= 11 is 0. The Balaban J connectivity index is 1.81. The molecule has 1 atom stereocenters. The van der Waals surface area contributed by atoms with Gasteiger partial charge in [0, 0.05) is 30.9 Å². The van der Waals surface area contributed by atoms with E-state index < -0.39 is 0 Å². The zero-order chi connectivity index (χ0) is 13.9. The zero-order valence-electron chi connectivity index (χ0n) is 12.3. The molecule has 1 saturated heterocycles. The largest absolute Gasteiger partial charge is 0.353 e. The van der Waals surface area contributed by atoms with E-state index in [-0.39, 0.29) is 0 Å². The third kappa shape index (κ3) is 2.77. The summed E-state index contributed by atoms with van der Waals surface area (Å²) in [5.74, 6) is 1.04. The van der Waals surface area contributed by atoms with Gasteiger partial charge in [-0.05, 0) is 39.3 Å². The lowest BCUT2D eigenvalue weighted by atomic mass is 10.0. The molecular formula is C15H23N5. The van der Waals surface area contributed by atoms with Gasteiger partial charge in [0.1, 0.15) is 5.82 Å². The number of nitrogens with zero attached hydrogens (tertiary/aromatic N) is 4. The Morgan fingerprint density at radius 3 is 3.05 bits per heavy atom. The maximum atomic E-state index is 4.72. The van der Waals surface area contributed by atoms with Crippen molar-refractivity contribution in [3.8, 4) is 0 Å². The van der Waals surface area contributed by atoms with Crippen LogP contribution in [0, 0.1) is 0 Å². The third-order valence-corrected chi connectivity index (χ3v) is 3.99. The molecule has 108 valence electrons. The molecule has 1 aliphatic rings. The second-order valence-corrected chi connectivity index (χ2v) is 5.81. The fourth-order valence-electron chi connectivity index (χ4n) is 2.85. The summed E-state index contributed by atoms with van der Waals surface area (Å²) in [6.07, 6.45) is 7.67. The average molecular weight is 273 g/mol. The number of nitrogens with one attached hydrogen (secondary N) is 1. The van der Waals surface area contributed by atoms with Crippen LogP contribution in [0.3, 0.4) is 0 Å². The predicted molar refractivity (Wildman–Crippen MR) is 81.1 cm³/mol. The molecule has 20 heavy (non-hydrogen) atoms. The molecule has 5 heteroatoms. The van der Waals surface area contributed by atoms with Crippen molar-refractivity contribution >= 4 is 11.5 Å². The lowest BCUT2D eigenvalue weighted by Gasteiger charge is -2.34. The van der Waals surface area contributed by atoms with E-state index in [1.807, 2.05) is 12.3 Å². The van der Waals surface area contributed by atoms with Crippen LogP contribution in [-0.2, 0) is 0 Å². The Bertz CT molecular complexity index is 556. The van der Waals surface area contributed by atoms with Crippen LogP contribution in [0.25, 0.3) is 5.65 Å². The third-order valence-electron chi connectivity index (χ3n) is 3.99. The van der Waals surface area contributed by atoms with Gasteiger partial charge in [0.05, 0.1) is 6.20 Å². The van der Waals surface area contributed by atoms with E-state index in [0.717, 1.165) is 24.6 Å². The van der Waals surface area contributed by atoms with Crippen LogP contribution in [0.2, 0.25) is 0 Å². The smallest absolute Gasteiger partial charge is 0.157 e. The maximum Gasteiger partial charge on any atom is 0.157 e. The number of fused-ring (bicyclic) bond motifs is 1. The first-order valence-corrected chi connectivity index (χ1v) is 7.54. The molecule has 3 heterocycles. The highest BCUT2D eigenvalue weighted by atomic mass is 15.3. The Morgan fingerprint density at radius 1 is 1.40 bits per heavy atom. The average Bonchev–Trinajstić information content (AvgIpc) is 2.93. The SMILES string of the molecule is CC(C)N(CC1CCCCN1)c1ccn2nccc2n1. The summed E-state index contributed by atoms with van der Waals surface area (Å²) in [4.78, 5) is 7.11. The zero-order valence-corrected chi connectivity index (χ0v) is 12.3. The summed E-state index contributed by atoms with van der Waals surface area (Å²) in [5, 5.41) is 7.82. The van der Waals surface area contributed by atoms with Crippen molar-refractivity contribution in [2.45, 2.75) is 45.2 Å². The fourth-order valence-corrected chi connectivity index (χ4v) is 2.85. The monoisotopic (exact) mass is 273 g/mol. The molecule has 0 bridgehead atoms. The maximum absolute atomic E-state index is 4.72. The number of hydrogen-bond acceptors (Lipinski definition) is 4. The van der Waals surface area contributed by atoms with E-state index in [1.165, 1.54) is 19.3 Å². The summed E-state index contributed by atoms with van der Waals surface area (Å²) < 4.78 is 1.81. The summed E-state index contributed by atoms with van der Waals surface area (Å²) in [5.41, 5.74) is 0.907. The standard InChI is InChI=1S/C15H23N5/c1-12(2)19(11-13-5-3-4-8-16-13)14-7-10-20-15(18-14)6-9-17-20/h6-7,9-10,12-13,16H,3-5,8,11H2,1-2H3. The summed E-state index contributed by atoms with van der Waals surface area (Å²) in [6, 6.07) is 5.02. The molecule has 0 aromatic carbocycles. The van der Waals surface area contributed by atoms with Crippen LogP contribution in [-0.4, -0.2) is 39.8 Å². The minimum absolute atomic E-state index is 0.441. The molecule has 0 radical (unpaired) electrons. The molecule has 1 N–H and O–H groups in total. The van der Waals surface area contributed by atoms with E-state index in [4.69, 9.17) is 4.98 Å². The van der Waals surface area contributed by atoms with Crippen LogP contribution in [0.5, 0.6) is 0 Å². The molecule has 0 spiro atoms. The second kappa shape index (κ2) is 5.79. The minimum Gasteiger partial charge on any atom is -0.353 e. The Kier molecular flexibility index (Phi) is 3.87. The Hall–Kier alpha value is -1.62. The van der Waals surface area contributed by atoms with Crippen molar-refractivity contribution in [3.05, 3.63) is 24.5 Å². The highest BCUT2D eigenvalue weighted by molar-refractivity contribution is 5.48. The quantitative estimate of drug-likeness (QED) is 0.926. The molecule has 1 fully saturated rings. The van der Waals surface area contributed by atoms with E-state index >= 15 is 0 Å². The van der Waals surface area contributed by atoms with Gasteiger partial charge in [-0.2, -0.15) is 5.10 Å². The van der Waals surface area contributed by atoms with E-state index in [9.17, 15) is 0 Å². The molecule has 0 amide bonds. The van der Waals surface area contributed by atoms with Crippen LogP contribution in [0.15, 0.2) is 24.5 Å². The highest BCUT2D eigenvalue weighted by Crippen LogP contribution is 2.18. The minimum atomic E-state index is 0.441. The van der Waals surface area contributed by atoms with Crippen LogP contribution in [0.1, 0.15) is 33.1 Å². The highest BCUT2D eigenvalue weighted by Gasteiger charge is 2.20. The first kappa shape index (κ1) is 13.4. The van der Waals surface area contributed by atoms with Gasteiger partial charge in [0.15, 0.2) is 5.65 Å². The summed E-state index contributed by atoms with van der Waals surface area (Å²) in [7, 11) is 0. The van der Waals surface area contributed by atoms with Gasteiger partial charge >= 0.3 is 0 Å². The van der Waals surface area contributed by atoms with E-state index in [1.54, 1.807) is 10.7 Å². The van der Waals surface area contributed by atoms with Crippen LogP contribution in [0.4, 0.5) is 5.82 Å². The van der Waals surface area contributed by atoms with Crippen molar-refractivity contribution in [1.82, 2.24) is 19.9 Å². The van der Waals surface area contributed by atoms with Crippen LogP contribution < -0.4 is 10.2 Å². The second-order valence-electron chi connectivity index (χ2n) is 5.81. The molecule has 5 nitrogen and oxygen atoms in total. The predicted octanol–water partition coefficient (Wildman–Crippen LogP) is 2.09. The fraction of sp³-hybridized carbons (Fsp3) is 0.600. The molecule has 2 aromatic heterocycles. The molecular weight excluding hydrogens is 250 g/mol. The molecule has 0 aliphatic carbocycles. The van der Waals surface area contributed by atoms with Gasteiger partial charge in [-0.3, -0.25) is 0 Å². The van der Waals surface area contributed by atoms with Gasteiger partial charge < -0.3 is 10.2 Å². The van der Waals surface area contributed by atoms with Crippen molar-refractivity contribution in [2.75, 3.05) is 18.0 Å². The van der Waals surface area contributed by atoms with E-state index in [2.05, 4.69) is 35.2 Å². The molecule has 3 rings (SSSR count). The number of hydrogen-bond donors (Lipinski definition) is 1. The van der Waals surface area contributed by atoms with Crippen molar-refractivity contribution < 1.29 is 0 Å². The molecule has 2 aromatic rings. The summed E-state index contributed by atoms with van der Waals surface area (Å²) in [6.45, 7) is 6.62. The van der Waals surface area contributed by atoms with Crippen molar-refractivity contribution in [2.24, 2.45) is 0 Å². The van der Waals surface area contributed by atoms with Gasteiger partial charge in [-0.1, -0.05) is 6.42 Å². The topological polar surface area (TPSA) is 45.5 Å². The Labute approximate surface area is 120 Å².